The zero-order valence-corrected chi connectivity index (χ0v) is 13.3. The molecule has 1 aromatic rings. The van der Waals surface area contributed by atoms with Gasteiger partial charge in [-0.2, -0.15) is 0 Å². The third kappa shape index (κ3) is 2.92. The highest BCUT2D eigenvalue weighted by Gasteiger charge is 2.33. The number of nitrogens with one attached hydrogen (secondary N) is 1. The molecule has 0 bridgehead atoms. The largest absolute Gasteiger partial charge is 0.453 e. The average Bonchev–Trinajstić information content (AvgIpc) is 2.96. The molecule has 0 radical (unpaired) electrons. The highest BCUT2D eigenvalue weighted by Crippen LogP contribution is 2.31. The lowest BCUT2D eigenvalue weighted by atomic mass is 10.1. The van der Waals surface area contributed by atoms with Crippen LogP contribution in [-0.2, 0) is 20.8 Å². The predicted octanol–water partition coefficient (Wildman–Crippen LogP) is 1.45. The summed E-state index contributed by atoms with van der Waals surface area (Å²) in [5.41, 5.74) is 2.19. The van der Waals surface area contributed by atoms with Crippen LogP contribution < -0.4 is 15.1 Å². The Balaban J connectivity index is 1.72. The SMILES string of the molecule is COC(=O)NCC1CN(c2ccc3c(c2)COC(=O)N3C)C(=O)O1. The Morgan fingerprint density at radius 1 is 1.38 bits per heavy atom. The van der Waals surface area contributed by atoms with E-state index in [0.717, 1.165) is 11.3 Å². The number of carbonyl (C=O) groups excluding carboxylic acids is 3. The van der Waals surface area contributed by atoms with Gasteiger partial charge in [-0.3, -0.25) is 9.80 Å². The molecule has 1 N–H and O–H groups in total. The Hall–Kier alpha value is -2.97. The Kier molecular flexibility index (Phi) is 4.15. The summed E-state index contributed by atoms with van der Waals surface area (Å²) < 4.78 is 14.8. The zero-order valence-electron chi connectivity index (χ0n) is 13.3. The molecule has 9 heteroatoms. The Morgan fingerprint density at radius 3 is 2.92 bits per heavy atom. The standard InChI is InChI=1S/C15H17N3O6/c1-17-12-4-3-10(5-9(12)8-23-14(17)20)18-7-11(24-15(18)21)6-16-13(19)22-2/h3-5,11H,6-8H2,1-2H3,(H,16,19). The first-order valence-corrected chi connectivity index (χ1v) is 7.33. The number of methoxy groups -OCH3 is 1. The van der Waals surface area contributed by atoms with E-state index in [2.05, 4.69) is 10.1 Å². The van der Waals surface area contributed by atoms with E-state index in [0.29, 0.717) is 12.2 Å². The highest BCUT2D eigenvalue weighted by molar-refractivity contribution is 5.93. The highest BCUT2D eigenvalue weighted by atomic mass is 16.6. The maximum Gasteiger partial charge on any atom is 0.414 e. The Morgan fingerprint density at radius 2 is 2.17 bits per heavy atom. The van der Waals surface area contributed by atoms with Crippen molar-refractivity contribution >= 4 is 29.7 Å². The third-order valence-corrected chi connectivity index (χ3v) is 3.89. The lowest BCUT2D eigenvalue weighted by Crippen LogP contribution is -2.34. The molecule has 24 heavy (non-hydrogen) atoms. The van der Waals surface area contributed by atoms with Crippen molar-refractivity contribution in [2.24, 2.45) is 0 Å². The van der Waals surface area contributed by atoms with Crippen LogP contribution in [0.4, 0.5) is 25.8 Å². The average molecular weight is 335 g/mol. The number of fused-ring (bicyclic) bond motifs is 1. The van der Waals surface area contributed by atoms with Crippen molar-refractivity contribution < 1.29 is 28.6 Å². The lowest BCUT2D eigenvalue weighted by Gasteiger charge is -2.26. The second-order valence-corrected chi connectivity index (χ2v) is 5.42. The minimum atomic E-state index is -0.580. The molecule has 3 rings (SSSR count). The van der Waals surface area contributed by atoms with E-state index in [1.165, 1.54) is 16.9 Å². The van der Waals surface area contributed by atoms with Crippen LogP contribution in [0.5, 0.6) is 0 Å². The molecule has 0 saturated carbocycles. The molecule has 0 spiro atoms. The number of hydrogen-bond donors (Lipinski definition) is 1. The zero-order chi connectivity index (χ0) is 17.3. The molecule has 2 heterocycles. The summed E-state index contributed by atoms with van der Waals surface area (Å²) in [5, 5.41) is 2.50. The van der Waals surface area contributed by atoms with Crippen molar-refractivity contribution in [1.29, 1.82) is 0 Å². The lowest BCUT2D eigenvalue weighted by molar-refractivity contribution is 0.132. The van der Waals surface area contributed by atoms with Crippen LogP contribution in [0.15, 0.2) is 18.2 Å². The van der Waals surface area contributed by atoms with Gasteiger partial charge in [0, 0.05) is 18.3 Å². The van der Waals surface area contributed by atoms with Gasteiger partial charge in [0.2, 0.25) is 0 Å². The van der Waals surface area contributed by atoms with E-state index in [4.69, 9.17) is 9.47 Å². The quantitative estimate of drug-likeness (QED) is 0.840. The van der Waals surface area contributed by atoms with Crippen LogP contribution in [0.25, 0.3) is 0 Å². The van der Waals surface area contributed by atoms with Crippen LogP contribution in [0.2, 0.25) is 0 Å². The predicted molar refractivity (Wildman–Crippen MR) is 83.1 cm³/mol. The van der Waals surface area contributed by atoms with Crippen molar-refractivity contribution in [3.63, 3.8) is 0 Å². The normalized spacial score (nSPS) is 19.5. The smallest absolute Gasteiger partial charge is 0.414 e. The summed E-state index contributed by atoms with van der Waals surface area (Å²) in [6.07, 6.45) is -1.95. The molecule has 0 aliphatic carbocycles. The van der Waals surface area contributed by atoms with E-state index in [-0.39, 0.29) is 13.2 Å². The van der Waals surface area contributed by atoms with Gasteiger partial charge in [-0.1, -0.05) is 0 Å². The molecule has 1 saturated heterocycles. The number of anilines is 2. The molecule has 3 amide bonds. The Bertz CT molecular complexity index is 692. The van der Waals surface area contributed by atoms with Gasteiger partial charge >= 0.3 is 18.3 Å². The van der Waals surface area contributed by atoms with Gasteiger partial charge in [-0.25, -0.2) is 14.4 Å². The van der Waals surface area contributed by atoms with Gasteiger partial charge in [-0.15, -0.1) is 0 Å². The third-order valence-electron chi connectivity index (χ3n) is 3.89. The number of nitrogens with zero attached hydrogens (tertiary/aromatic N) is 2. The number of amides is 3. The number of hydrogen-bond acceptors (Lipinski definition) is 6. The first kappa shape index (κ1) is 15.9. The van der Waals surface area contributed by atoms with Crippen LogP contribution in [-0.4, -0.2) is 51.6 Å². The summed E-state index contributed by atoms with van der Waals surface area (Å²) in [6, 6.07) is 5.29. The molecular formula is C15H17N3O6. The van der Waals surface area contributed by atoms with Crippen molar-refractivity contribution in [2.75, 3.05) is 37.0 Å². The van der Waals surface area contributed by atoms with Gasteiger partial charge in [0.25, 0.3) is 0 Å². The molecule has 0 aromatic heterocycles. The minimum Gasteiger partial charge on any atom is -0.453 e. The van der Waals surface area contributed by atoms with E-state index >= 15 is 0 Å². The van der Waals surface area contributed by atoms with E-state index in [1.807, 2.05) is 0 Å². The summed E-state index contributed by atoms with van der Waals surface area (Å²) in [5.74, 6) is 0. The minimum absolute atomic E-state index is 0.155. The van der Waals surface area contributed by atoms with Gasteiger partial charge < -0.3 is 19.5 Å². The molecule has 1 unspecified atom stereocenters. The fourth-order valence-electron chi connectivity index (χ4n) is 2.63. The van der Waals surface area contributed by atoms with Crippen molar-refractivity contribution in [1.82, 2.24) is 5.32 Å². The van der Waals surface area contributed by atoms with Crippen LogP contribution >= 0.6 is 0 Å². The monoisotopic (exact) mass is 335 g/mol. The van der Waals surface area contributed by atoms with Gasteiger partial charge in [0.1, 0.15) is 12.7 Å². The van der Waals surface area contributed by atoms with Crippen molar-refractivity contribution in [2.45, 2.75) is 12.7 Å². The summed E-state index contributed by atoms with van der Waals surface area (Å²) in [4.78, 5) is 37.5. The second kappa shape index (κ2) is 6.26. The molecular weight excluding hydrogens is 318 g/mol. The molecule has 2 aliphatic rings. The maximum absolute atomic E-state index is 12.0. The van der Waals surface area contributed by atoms with Crippen molar-refractivity contribution in [3.05, 3.63) is 23.8 Å². The summed E-state index contributed by atoms with van der Waals surface area (Å²) >= 11 is 0. The fraction of sp³-hybridized carbons (Fsp3) is 0.400. The number of carbonyl (C=O) groups is 3. The van der Waals surface area contributed by atoms with Crippen LogP contribution in [0.1, 0.15) is 5.56 Å². The number of rotatable bonds is 3. The van der Waals surface area contributed by atoms with Gasteiger partial charge in [0.15, 0.2) is 0 Å². The van der Waals surface area contributed by atoms with E-state index in [9.17, 15) is 14.4 Å². The molecule has 1 atom stereocenters. The summed E-state index contributed by atoms with van der Waals surface area (Å²) in [6.45, 7) is 0.625. The molecule has 1 fully saturated rings. The molecule has 128 valence electrons. The first-order chi connectivity index (χ1) is 11.5. The van der Waals surface area contributed by atoms with E-state index in [1.54, 1.807) is 25.2 Å². The summed E-state index contributed by atoms with van der Waals surface area (Å²) in [7, 11) is 2.89. The first-order valence-electron chi connectivity index (χ1n) is 7.33. The Labute approximate surface area is 138 Å². The van der Waals surface area contributed by atoms with Crippen LogP contribution in [0.3, 0.4) is 0 Å². The molecule has 9 nitrogen and oxygen atoms in total. The maximum atomic E-state index is 12.0. The van der Waals surface area contributed by atoms with Crippen LogP contribution in [0, 0.1) is 0 Å². The number of benzene rings is 1. The van der Waals surface area contributed by atoms with Gasteiger partial charge in [0.05, 0.1) is 25.9 Å². The molecule has 2 aliphatic heterocycles. The number of cyclic esters (lactones) is 2. The fourth-order valence-corrected chi connectivity index (χ4v) is 2.63. The van der Waals surface area contributed by atoms with Gasteiger partial charge in [-0.05, 0) is 18.2 Å². The number of ether oxygens (including phenoxy) is 3. The second-order valence-electron chi connectivity index (χ2n) is 5.42. The topological polar surface area (TPSA) is 97.4 Å². The number of alkyl carbamates (subject to hydrolysis) is 1. The van der Waals surface area contributed by atoms with Crippen molar-refractivity contribution in [3.8, 4) is 0 Å². The molecule has 1 aromatic carbocycles. The van der Waals surface area contributed by atoms with E-state index < -0.39 is 24.4 Å².